The first-order chi connectivity index (χ1) is 13.7. The van der Waals surface area contributed by atoms with E-state index in [1.807, 2.05) is 45.0 Å². The van der Waals surface area contributed by atoms with Gasteiger partial charge in [0.2, 0.25) is 5.91 Å². The molecule has 1 aromatic rings. The molecule has 8 nitrogen and oxygen atoms in total. The highest BCUT2D eigenvalue weighted by Gasteiger charge is 2.28. The largest absolute Gasteiger partial charge is 0.481 e. The van der Waals surface area contributed by atoms with E-state index < -0.39 is 11.7 Å². The molecular weight excluding hydrogens is 374 g/mol. The van der Waals surface area contributed by atoms with E-state index >= 15 is 0 Å². The summed E-state index contributed by atoms with van der Waals surface area (Å²) in [5, 5.41) is 2.29. The number of hydrogen-bond donors (Lipinski definition) is 1. The third-order valence-corrected chi connectivity index (χ3v) is 4.81. The van der Waals surface area contributed by atoms with E-state index in [1.54, 1.807) is 0 Å². The molecule has 1 aromatic carbocycles. The van der Waals surface area contributed by atoms with Gasteiger partial charge in [0.15, 0.2) is 6.10 Å². The lowest BCUT2D eigenvalue weighted by molar-refractivity contribution is -0.156. The van der Waals surface area contributed by atoms with Gasteiger partial charge in [-0.1, -0.05) is 0 Å². The number of piperidine rings is 1. The van der Waals surface area contributed by atoms with E-state index in [0.717, 1.165) is 31.9 Å². The topological polar surface area (TPSA) is 88.2 Å². The molecule has 0 radical (unpaired) electrons. The number of esters is 1. The molecule has 1 atom stereocenters. The van der Waals surface area contributed by atoms with E-state index in [2.05, 4.69) is 15.1 Å². The lowest BCUT2D eigenvalue weighted by Crippen LogP contribution is -2.48. The van der Waals surface area contributed by atoms with Gasteiger partial charge in [0.1, 0.15) is 11.4 Å². The zero-order valence-electron chi connectivity index (χ0n) is 17.3. The molecule has 0 bridgehead atoms. The maximum absolute atomic E-state index is 12.0. The molecule has 0 aromatic heterocycles. The van der Waals surface area contributed by atoms with Crippen molar-refractivity contribution in [1.29, 1.82) is 0 Å². The van der Waals surface area contributed by atoms with Crippen LogP contribution >= 0.6 is 0 Å². The standard InChI is InChI=1S/C21H29N3O5/c1-21(2,3)29-19(26)14-23-10-12-24(13-11-23)15-4-6-16(7-5-15)28-17-8-9-18(25)22-20(17)27/h4-7,17H,8-14H2,1-3H3,(H,22,25,27)/t17-/m0/s1. The summed E-state index contributed by atoms with van der Waals surface area (Å²) in [6.07, 6.45) is 0.0589. The Morgan fingerprint density at radius 3 is 2.34 bits per heavy atom. The minimum Gasteiger partial charge on any atom is -0.481 e. The van der Waals surface area contributed by atoms with Crippen molar-refractivity contribution >= 4 is 23.5 Å². The Balaban J connectivity index is 1.47. The van der Waals surface area contributed by atoms with Crippen molar-refractivity contribution < 1.29 is 23.9 Å². The Morgan fingerprint density at radius 1 is 1.10 bits per heavy atom. The van der Waals surface area contributed by atoms with Crippen molar-refractivity contribution in [3.63, 3.8) is 0 Å². The van der Waals surface area contributed by atoms with Crippen LogP contribution in [-0.2, 0) is 19.1 Å². The average Bonchev–Trinajstić information content (AvgIpc) is 2.64. The summed E-state index contributed by atoms with van der Waals surface area (Å²) < 4.78 is 11.1. The van der Waals surface area contributed by atoms with Gasteiger partial charge in [0, 0.05) is 44.7 Å². The Hall–Kier alpha value is -2.61. The Bertz CT molecular complexity index is 749. The quantitative estimate of drug-likeness (QED) is 0.586. The minimum absolute atomic E-state index is 0.194. The molecule has 0 spiro atoms. The molecule has 2 amide bonds. The monoisotopic (exact) mass is 403 g/mol. The van der Waals surface area contributed by atoms with Crippen LogP contribution in [0.1, 0.15) is 33.6 Å². The van der Waals surface area contributed by atoms with Crippen molar-refractivity contribution in [3.05, 3.63) is 24.3 Å². The Labute approximate surface area is 171 Å². The first kappa shape index (κ1) is 21.1. The molecule has 29 heavy (non-hydrogen) atoms. The fraction of sp³-hybridized carbons (Fsp3) is 0.571. The number of anilines is 1. The van der Waals surface area contributed by atoms with Crippen LogP contribution in [-0.4, -0.2) is 67.1 Å². The van der Waals surface area contributed by atoms with E-state index in [-0.39, 0.29) is 17.8 Å². The summed E-state index contributed by atoms with van der Waals surface area (Å²) in [6, 6.07) is 7.60. The molecule has 2 aliphatic rings. The van der Waals surface area contributed by atoms with Gasteiger partial charge >= 0.3 is 5.97 Å². The third kappa shape index (κ3) is 6.19. The normalized spacial score (nSPS) is 20.9. The summed E-state index contributed by atoms with van der Waals surface area (Å²) in [6.45, 7) is 9.13. The number of ether oxygens (including phenoxy) is 2. The second-order valence-electron chi connectivity index (χ2n) is 8.40. The van der Waals surface area contributed by atoms with Crippen molar-refractivity contribution in [1.82, 2.24) is 10.2 Å². The molecule has 0 aliphatic carbocycles. The van der Waals surface area contributed by atoms with Gasteiger partial charge < -0.3 is 14.4 Å². The maximum Gasteiger partial charge on any atom is 0.320 e. The van der Waals surface area contributed by atoms with Crippen LogP contribution in [0.25, 0.3) is 0 Å². The number of nitrogens with one attached hydrogen (secondary N) is 1. The highest BCUT2D eigenvalue weighted by Crippen LogP contribution is 2.23. The smallest absolute Gasteiger partial charge is 0.320 e. The maximum atomic E-state index is 12.0. The molecule has 2 fully saturated rings. The number of piperazine rings is 1. The molecule has 8 heteroatoms. The molecule has 2 saturated heterocycles. The van der Waals surface area contributed by atoms with Gasteiger partial charge in [-0.25, -0.2) is 0 Å². The van der Waals surface area contributed by atoms with E-state index in [1.165, 1.54) is 0 Å². The van der Waals surface area contributed by atoms with Gasteiger partial charge in [-0.15, -0.1) is 0 Å². The second-order valence-corrected chi connectivity index (χ2v) is 8.40. The molecule has 2 aliphatic heterocycles. The molecule has 158 valence electrons. The zero-order chi connectivity index (χ0) is 21.0. The molecule has 0 saturated carbocycles. The number of nitrogens with zero attached hydrogens (tertiary/aromatic N) is 2. The van der Waals surface area contributed by atoms with Crippen molar-refractivity contribution in [2.45, 2.75) is 45.3 Å². The zero-order valence-corrected chi connectivity index (χ0v) is 17.3. The second kappa shape index (κ2) is 8.82. The van der Waals surface area contributed by atoms with Crippen LogP contribution in [0.4, 0.5) is 5.69 Å². The van der Waals surface area contributed by atoms with Crippen LogP contribution in [0, 0.1) is 0 Å². The van der Waals surface area contributed by atoms with Crippen molar-refractivity contribution in [2.75, 3.05) is 37.6 Å². The fourth-order valence-electron chi connectivity index (χ4n) is 3.41. The van der Waals surface area contributed by atoms with Crippen molar-refractivity contribution in [2.24, 2.45) is 0 Å². The van der Waals surface area contributed by atoms with Crippen LogP contribution in [0.3, 0.4) is 0 Å². The number of hydrogen-bond acceptors (Lipinski definition) is 7. The van der Waals surface area contributed by atoms with Crippen molar-refractivity contribution in [3.8, 4) is 5.75 Å². The Kier molecular flexibility index (Phi) is 6.42. The summed E-state index contributed by atoms with van der Waals surface area (Å²) >= 11 is 0. The fourth-order valence-corrected chi connectivity index (χ4v) is 3.41. The Morgan fingerprint density at radius 2 is 1.76 bits per heavy atom. The van der Waals surface area contributed by atoms with Gasteiger partial charge in [0.25, 0.3) is 5.91 Å². The van der Waals surface area contributed by atoms with Gasteiger partial charge in [-0.2, -0.15) is 0 Å². The summed E-state index contributed by atoms with van der Waals surface area (Å²) in [5.41, 5.74) is 0.605. The molecule has 3 rings (SSSR count). The summed E-state index contributed by atoms with van der Waals surface area (Å²) in [4.78, 5) is 39.4. The van der Waals surface area contributed by atoms with Gasteiger partial charge in [-0.3, -0.25) is 24.6 Å². The number of benzene rings is 1. The number of carbonyl (C=O) groups is 3. The molecular formula is C21H29N3O5. The van der Waals surface area contributed by atoms with Crippen LogP contribution < -0.4 is 15.0 Å². The summed E-state index contributed by atoms with van der Waals surface area (Å²) in [5.74, 6) is -0.227. The van der Waals surface area contributed by atoms with E-state index in [0.29, 0.717) is 25.1 Å². The average molecular weight is 403 g/mol. The lowest BCUT2D eigenvalue weighted by Gasteiger charge is -2.36. The van der Waals surface area contributed by atoms with E-state index in [9.17, 15) is 14.4 Å². The predicted molar refractivity (Wildman–Crippen MR) is 108 cm³/mol. The SMILES string of the molecule is CC(C)(C)OC(=O)CN1CCN(c2ccc(O[C@H]3CCC(=O)NC3=O)cc2)CC1. The number of amides is 2. The van der Waals surface area contributed by atoms with Crippen LogP contribution in [0.2, 0.25) is 0 Å². The lowest BCUT2D eigenvalue weighted by atomic mass is 10.1. The number of imide groups is 1. The summed E-state index contributed by atoms with van der Waals surface area (Å²) in [7, 11) is 0. The van der Waals surface area contributed by atoms with Crippen LogP contribution in [0.5, 0.6) is 5.75 Å². The third-order valence-electron chi connectivity index (χ3n) is 4.81. The highest BCUT2D eigenvalue weighted by atomic mass is 16.6. The van der Waals surface area contributed by atoms with Crippen LogP contribution in [0.15, 0.2) is 24.3 Å². The van der Waals surface area contributed by atoms with Gasteiger partial charge in [0.05, 0.1) is 6.54 Å². The molecule has 1 N–H and O–H groups in total. The first-order valence-electron chi connectivity index (χ1n) is 9.99. The number of rotatable bonds is 5. The van der Waals surface area contributed by atoms with Gasteiger partial charge in [-0.05, 0) is 45.0 Å². The highest BCUT2D eigenvalue weighted by molar-refractivity contribution is 5.99. The molecule has 0 unspecified atom stereocenters. The molecule has 2 heterocycles. The minimum atomic E-state index is -0.630. The van der Waals surface area contributed by atoms with E-state index in [4.69, 9.17) is 9.47 Å². The number of carbonyl (C=O) groups excluding carboxylic acids is 3. The first-order valence-corrected chi connectivity index (χ1v) is 9.99. The predicted octanol–water partition coefficient (Wildman–Crippen LogP) is 1.33.